The average molecular weight is 427 g/mol. The lowest BCUT2D eigenvalue weighted by atomic mass is 10.2. The number of hydrogen-bond acceptors (Lipinski definition) is 4. The standard InChI is InChI=1S/C18H20F3N5O2S/c1-10-16(12(3)25(22-10)9-14-7-5-6-8-15(14)19)24-29(27,28)17-11(2)23-26(13(17)4)18(20)21/h5-8,18,24H,9H2,1-4H3. The van der Waals surface area contributed by atoms with Gasteiger partial charge in [0.1, 0.15) is 10.7 Å². The predicted octanol–water partition coefficient (Wildman–Crippen LogP) is 3.70. The second kappa shape index (κ2) is 7.54. The Morgan fingerprint density at radius 2 is 1.69 bits per heavy atom. The number of aryl methyl sites for hydroxylation is 2. The minimum absolute atomic E-state index is 0.0376. The number of rotatable bonds is 6. The van der Waals surface area contributed by atoms with Gasteiger partial charge in [-0.15, -0.1) is 0 Å². The minimum atomic E-state index is -4.19. The maximum atomic E-state index is 13.9. The van der Waals surface area contributed by atoms with E-state index < -0.39 is 22.4 Å². The van der Waals surface area contributed by atoms with E-state index in [0.717, 1.165) is 0 Å². The van der Waals surface area contributed by atoms with Crippen LogP contribution in [0.25, 0.3) is 0 Å². The largest absolute Gasteiger partial charge is 0.333 e. The van der Waals surface area contributed by atoms with Gasteiger partial charge in [0.2, 0.25) is 0 Å². The third kappa shape index (κ3) is 3.86. The van der Waals surface area contributed by atoms with E-state index in [-0.39, 0.29) is 28.5 Å². The Bertz CT molecular complexity index is 1170. The number of nitrogens with zero attached hydrogens (tertiary/aromatic N) is 4. The highest BCUT2D eigenvalue weighted by atomic mass is 32.2. The summed E-state index contributed by atoms with van der Waals surface area (Å²) < 4.78 is 70.1. The lowest BCUT2D eigenvalue weighted by Crippen LogP contribution is -2.16. The third-order valence-electron chi connectivity index (χ3n) is 4.61. The Morgan fingerprint density at radius 1 is 1.03 bits per heavy atom. The first-order valence-electron chi connectivity index (χ1n) is 8.67. The summed E-state index contributed by atoms with van der Waals surface area (Å²) in [7, 11) is -4.19. The molecule has 0 unspecified atom stereocenters. The van der Waals surface area contributed by atoms with E-state index in [1.54, 1.807) is 32.0 Å². The summed E-state index contributed by atoms with van der Waals surface area (Å²) in [4.78, 5) is -0.307. The summed E-state index contributed by atoms with van der Waals surface area (Å²) in [5.41, 5.74) is 1.25. The second-order valence-electron chi connectivity index (χ2n) is 6.62. The fraction of sp³-hybridized carbons (Fsp3) is 0.333. The van der Waals surface area contributed by atoms with Crippen molar-refractivity contribution in [3.05, 3.63) is 58.4 Å². The molecule has 0 bridgehead atoms. The van der Waals surface area contributed by atoms with Crippen molar-refractivity contribution in [3.63, 3.8) is 0 Å². The Morgan fingerprint density at radius 3 is 2.28 bits per heavy atom. The number of anilines is 1. The van der Waals surface area contributed by atoms with Crippen molar-refractivity contribution in [3.8, 4) is 0 Å². The molecular formula is C18H20F3N5O2S. The van der Waals surface area contributed by atoms with Crippen LogP contribution in [0, 0.1) is 33.5 Å². The Hall–Kier alpha value is -2.82. The van der Waals surface area contributed by atoms with E-state index in [1.807, 2.05) is 0 Å². The zero-order chi connectivity index (χ0) is 21.5. The van der Waals surface area contributed by atoms with Crippen molar-refractivity contribution >= 4 is 15.7 Å². The zero-order valence-corrected chi connectivity index (χ0v) is 17.1. The lowest BCUT2D eigenvalue weighted by molar-refractivity contribution is 0.0538. The summed E-state index contributed by atoms with van der Waals surface area (Å²) in [6, 6.07) is 6.21. The molecule has 0 aliphatic rings. The fourth-order valence-corrected chi connectivity index (χ4v) is 4.78. The van der Waals surface area contributed by atoms with E-state index in [4.69, 9.17) is 0 Å². The second-order valence-corrected chi connectivity index (χ2v) is 8.24. The van der Waals surface area contributed by atoms with Crippen LogP contribution in [-0.2, 0) is 16.6 Å². The minimum Gasteiger partial charge on any atom is -0.276 e. The van der Waals surface area contributed by atoms with Gasteiger partial charge in [-0.1, -0.05) is 18.2 Å². The summed E-state index contributed by atoms with van der Waals surface area (Å²) in [5, 5.41) is 7.90. The molecule has 2 aromatic heterocycles. The molecule has 0 atom stereocenters. The number of halogens is 3. The summed E-state index contributed by atoms with van der Waals surface area (Å²) >= 11 is 0. The highest BCUT2D eigenvalue weighted by molar-refractivity contribution is 7.92. The molecule has 11 heteroatoms. The van der Waals surface area contributed by atoms with Crippen LogP contribution in [-0.4, -0.2) is 28.0 Å². The molecule has 1 aromatic carbocycles. The van der Waals surface area contributed by atoms with Crippen molar-refractivity contribution in [2.75, 3.05) is 4.72 Å². The molecule has 0 saturated heterocycles. The van der Waals surface area contributed by atoms with E-state index in [9.17, 15) is 21.6 Å². The van der Waals surface area contributed by atoms with E-state index in [2.05, 4.69) is 14.9 Å². The number of hydrogen-bond donors (Lipinski definition) is 1. The Labute approximate surface area is 166 Å². The van der Waals surface area contributed by atoms with Crippen LogP contribution >= 0.6 is 0 Å². The lowest BCUT2D eigenvalue weighted by Gasteiger charge is -2.10. The van der Waals surface area contributed by atoms with E-state index >= 15 is 0 Å². The van der Waals surface area contributed by atoms with Gasteiger partial charge in [-0.3, -0.25) is 9.40 Å². The summed E-state index contributed by atoms with van der Waals surface area (Å²) in [6.07, 6.45) is 0. The number of alkyl halides is 2. The van der Waals surface area contributed by atoms with Gasteiger partial charge in [-0.05, 0) is 33.8 Å². The predicted molar refractivity (Wildman–Crippen MR) is 101 cm³/mol. The zero-order valence-electron chi connectivity index (χ0n) is 16.2. The van der Waals surface area contributed by atoms with Crippen molar-refractivity contribution in [1.82, 2.24) is 19.6 Å². The van der Waals surface area contributed by atoms with Gasteiger partial charge in [0, 0.05) is 5.56 Å². The van der Waals surface area contributed by atoms with Gasteiger partial charge < -0.3 is 0 Å². The molecule has 3 aromatic rings. The van der Waals surface area contributed by atoms with Crippen molar-refractivity contribution in [1.29, 1.82) is 0 Å². The summed E-state index contributed by atoms with van der Waals surface area (Å²) in [6.45, 7) is 3.02. The maximum Gasteiger partial charge on any atom is 0.333 e. The van der Waals surface area contributed by atoms with E-state index in [1.165, 1.54) is 24.6 Å². The molecule has 7 nitrogen and oxygen atoms in total. The molecule has 0 radical (unpaired) electrons. The van der Waals surface area contributed by atoms with Crippen LogP contribution in [0.15, 0.2) is 29.2 Å². The molecular weight excluding hydrogens is 407 g/mol. The van der Waals surface area contributed by atoms with Crippen molar-refractivity contribution < 1.29 is 21.6 Å². The molecule has 29 heavy (non-hydrogen) atoms. The Kier molecular flexibility index (Phi) is 5.44. The van der Waals surface area contributed by atoms with Crippen molar-refractivity contribution in [2.45, 2.75) is 45.7 Å². The topological polar surface area (TPSA) is 81.8 Å². The van der Waals surface area contributed by atoms with Crippen LogP contribution < -0.4 is 4.72 Å². The van der Waals surface area contributed by atoms with Crippen LogP contribution in [0.1, 0.15) is 34.9 Å². The van der Waals surface area contributed by atoms with Gasteiger partial charge in [0.05, 0.1) is 35.0 Å². The molecule has 2 heterocycles. The highest BCUT2D eigenvalue weighted by Gasteiger charge is 2.29. The number of sulfonamides is 1. The quantitative estimate of drug-likeness (QED) is 0.650. The van der Waals surface area contributed by atoms with Gasteiger partial charge in [0.15, 0.2) is 0 Å². The molecule has 0 aliphatic heterocycles. The molecule has 0 spiro atoms. The molecule has 0 saturated carbocycles. The monoisotopic (exact) mass is 427 g/mol. The van der Waals surface area contributed by atoms with E-state index in [0.29, 0.717) is 21.6 Å². The molecule has 0 fully saturated rings. The van der Waals surface area contributed by atoms with Crippen LogP contribution in [0.4, 0.5) is 18.9 Å². The smallest absolute Gasteiger partial charge is 0.276 e. The number of nitrogens with one attached hydrogen (secondary N) is 1. The van der Waals surface area contributed by atoms with Crippen LogP contribution in [0.3, 0.4) is 0 Å². The van der Waals surface area contributed by atoms with Crippen LogP contribution in [0.2, 0.25) is 0 Å². The van der Waals surface area contributed by atoms with Gasteiger partial charge in [0.25, 0.3) is 10.0 Å². The molecule has 0 aliphatic carbocycles. The first-order valence-corrected chi connectivity index (χ1v) is 10.1. The fourth-order valence-electron chi connectivity index (χ4n) is 3.20. The highest BCUT2D eigenvalue weighted by Crippen LogP contribution is 2.28. The first kappa shape index (κ1) is 20.9. The first-order chi connectivity index (χ1) is 13.5. The maximum absolute atomic E-state index is 13.9. The number of aromatic nitrogens is 4. The van der Waals surface area contributed by atoms with Crippen LogP contribution in [0.5, 0.6) is 0 Å². The normalized spacial score (nSPS) is 12.0. The molecule has 3 rings (SSSR count). The molecule has 1 N–H and O–H groups in total. The van der Waals surface area contributed by atoms with Gasteiger partial charge in [-0.25, -0.2) is 17.5 Å². The average Bonchev–Trinajstić information content (AvgIpc) is 3.07. The van der Waals surface area contributed by atoms with Crippen molar-refractivity contribution in [2.24, 2.45) is 0 Å². The number of benzene rings is 1. The molecule has 0 amide bonds. The Balaban J connectivity index is 1.97. The third-order valence-corrected chi connectivity index (χ3v) is 6.21. The van der Waals surface area contributed by atoms with Gasteiger partial charge >= 0.3 is 6.55 Å². The van der Waals surface area contributed by atoms with Gasteiger partial charge in [-0.2, -0.15) is 19.0 Å². The molecule has 156 valence electrons. The summed E-state index contributed by atoms with van der Waals surface area (Å²) in [5.74, 6) is -0.396. The SMILES string of the molecule is Cc1nn(Cc2ccccc2F)c(C)c1NS(=O)(=O)c1c(C)nn(C(F)F)c1C.